The van der Waals surface area contributed by atoms with E-state index in [9.17, 15) is 34.8 Å². The summed E-state index contributed by atoms with van der Waals surface area (Å²) in [6.45, 7) is 4.23. The molecule has 0 bridgehead atoms. The van der Waals surface area contributed by atoms with Gasteiger partial charge in [-0.3, -0.25) is 9.59 Å². The van der Waals surface area contributed by atoms with Crippen LogP contribution in [0.5, 0.6) is 0 Å². The number of carbonyl (C=O) groups is 3. The first kappa shape index (κ1) is 32.6. The molecule has 0 spiro atoms. The number of rotatable bonds is 14. The van der Waals surface area contributed by atoms with Crippen LogP contribution in [0.4, 0.5) is 0 Å². The van der Waals surface area contributed by atoms with Crippen molar-refractivity contribution in [3.8, 4) is 0 Å². The van der Waals surface area contributed by atoms with Crippen LogP contribution in [0.2, 0.25) is 0 Å². The zero-order valence-corrected chi connectivity index (χ0v) is 25.6. The second kappa shape index (κ2) is 12.7. The molecule has 3 aromatic rings. The second-order valence-corrected chi connectivity index (χ2v) is 12.6. The Bertz CT molecular complexity index is 1480. The van der Waals surface area contributed by atoms with Gasteiger partial charge in [-0.05, 0) is 62.0 Å². The Morgan fingerprint density at radius 2 is 1.67 bits per heavy atom. The molecule has 4 N–H and O–H groups in total. The van der Waals surface area contributed by atoms with E-state index in [2.05, 4.69) is 0 Å². The second-order valence-electron chi connectivity index (χ2n) is 11.6. The molecule has 2 aromatic carbocycles. The average Bonchev–Trinajstić information content (AvgIpc) is 3.32. The summed E-state index contributed by atoms with van der Waals surface area (Å²) in [7, 11) is 3.72. The van der Waals surface area contributed by atoms with Gasteiger partial charge in [0.25, 0.3) is 0 Å². The van der Waals surface area contributed by atoms with Crippen LogP contribution in [0, 0.1) is 12.8 Å². The van der Waals surface area contributed by atoms with E-state index in [-0.39, 0.29) is 13.0 Å². The van der Waals surface area contributed by atoms with E-state index in [1.54, 1.807) is 0 Å². The van der Waals surface area contributed by atoms with Crippen molar-refractivity contribution in [1.82, 2.24) is 4.90 Å². The molecule has 0 amide bonds. The fourth-order valence-corrected chi connectivity index (χ4v) is 7.69. The van der Waals surface area contributed by atoms with Crippen molar-refractivity contribution in [2.75, 3.05) is 27.2 Å². The van der Waals surface area contributed by atoms with E-state index in [1.165, 1.54) is 11.3 Å². The predicted octanol–water partition coefficient (Wildman–Crippen LogP) is 4.59. The van der Waals surface area contributed by atoms with Gasteiger partial charge in [0, 0.05) is 23.6 Å². The van der Waals surface area contributed by atoms with Gasteiger partial charge in [-0.1, -0.05) is 49.4 Å². The van der Waals surface area contributed by atoms with Gasteiger partial charge in [0.1, 0.15) is 0 Å². The Labute approximate surface area is 254 Å². The predicted molar refractivity (Wildman–Crippen MR) is 161 cm³/mol. The molecule has 1 aliphatic rings. The topological polar surface area (TPSA) is 154 Å². The van der Waals surface area contributed by atoms with Crippen LogP contribution in [0.1, 0.15) is 54.2 Å². The summed E-state index contributed by atoms with van der Waals surface area (Å²) < 4.78 is 13.7. The standard InChI is InChI=1S/C32H39NO9S/c1-5-31(40,24-12-8-6-10-20(24)2)21(19-33(3)4)16-32(42-30(29(38)39,17-26(34)35)18-27(36)37)28-23(14-15-41-32)22-11-7-9-13-25(22)43-28/h6-13,21,40H,5,14-19H2,1-4H3,(H,34,35)(H,36,37)(H,38,39). The first-order valence-electron chi connectivity index (χ1n) is 14.2. The minimum absolute atomic E-state index is 0.0715. The molecule has 3 atom stereocenters. The smallest absolute Gasteiger partial charge is 0.337 e. The fraction of sp³-hybridized carbons (Fsp3) is 0.469. The summed E-state index contributed by atoms with van der Waals surface area (Å²) in [5.41, 5.74) is -1.63. The molecule has 2 heterocycles. The number of hydrogen-bond donors (Lipinski definition) is 4. The van der Waals surface area contributed by atoms with Crippen LogP contribution in [-0.4, -0.2) is 76.1 Å². The van der Waals surface area contributed by atoms with Crippen molar-refractivity contribution in [3.63, 3.8) is 0 Å². The van der Waals surface area contributed by atoms with Gasteiger partial charge in [-0.25, -0.2) is 4.79 Å². The van der Waals surface area contributed by atoms with Gasteiger partial charge in [0.2, 0.25) is 5.79 Å². The number of aliphatic hydroxyl groups is 1. The monoisotopic (exact) mass is 613 g/mol. The molecule has 0 fully saturated rings. The molecular formula is C32H39NO9S. The minimum Gasteiger partial charge on any atom is -0.481 e. The fourth-order valence-electron chi connectivity index (χ4n) is 6.35. The Kier molecular flexibility index (Phi) is 9.63. The normalized spacial score (nSPS) is 19.1. The quantitative estimate of drug-likeness (QED) is 0.203. The third-order valence-corrected chi connectivity index (χ3v) is 9.62. The minimum atomic E-state index is -2.65. The van der Waals surface area contributed by atoms with Gasteiger partial charge in [-0.2, -0.15) is 0 Å². The van der Waals surface area contributed by atoms with Crippen LogP contribution >= 0.6 is 11.3 Å². The number of aryl methyl sites for hydroxylation is 1. The molecular weight excluding hydrogens is 574 g/mol. The van der Waals surface area contributed by atoms with Crippen molar-refractivity contribution >= 4 is 39.3 Å². The summed E-state index contributed by atoms with van der Waals surface area (Å²) >= 11 is 1.34. The van der Waals surface area contributed by atoms with Gasteiger partial charge in [0.15, 0.2) is 5.60 Å². The number of thiophene rings is 1. The number of hydrogen-bond acceptors (Lipinski definition) is 8. The number of benzene rings is 2. The molecule has 0 aliphatic carbocycles. The van der Waals surface area contributed by atoms with E-state index in [0.29, 0.717) is 29.8 Å². The van der Waals surface area contributed by atoms with Crippen LogP contribution in [0.25, 0.3) is 10.1 Å². The lowest BCUT2D eigenvalue weighted by Gasteiger charge is -2.47. The van der Waals surface area contributed by atoms with E-state index < -0.39 is 53.7 Å². The Morgan fingerprint density at radius 3 is 2.26 bits per heavy atom. The number of fused-ring (bicyclic) bond motifs is 3. The van der Waals surface area contributed by atoms with E-state index in [0.717, 1.165) is 21.2 Å². The van der Waals surface area contributed by atoms with E-state index in [1.807, 2.05) is 81.4 Å². The lowest BCUT2D eigenvalue weighted by molar-refractivity contribution is -0.313. The Balaban J connectivity index is 1.99. The highest BCUT2D eigenvalue weighted by molar-refractivity contribution is 7.19. The lowest BCUT2D eigenvalue weighted by atomic mass is 9.73. The van der Waals surface area contributed by atoms with Gasteiger partial charge < -0.3 is 34.8 Å². The lowest BCUT2D eigenvalue weighted by Crippen LogP contribution is -2.55. The van der Waals surface area contributed by atoms with Gasteiger partial charge in [-0.15, -0.1) is 11.3 Å². The maximum atomic E-state index is 12.8. The molecule has 1 aliphatic heterocycles. The molecule has 3 unspecified atom stereocenters. The maximum Gasteiger partial charge on any atom is 0.337 e. The zero-order valence-electron chi connectivity index (χ0n) is 24.8. The summed E-state index contributed by atoms with van der Waals surface area (Å²) in [4.78, 5) is 39.3. The number of carboxylic acids is 3. The molecule has 232 valence electrons. The van der Waals surface area contributed by atoms with Crippen molar-refractivity contribution in [1.29, 1.82) is 0 Å². The highest BCUT2D eigenvalue weighted by Crippen LogP contribution is 2.52. The molecule has 43 heavy (non-hydrogen) atoms. The molecule has 11 heteroatoms. The maximum absolute atomic E-state index is 12.8. The largest absolute Gasteiger partial charge is 0.481 e. The third-order valence-electron chi connectivity index (χ3n) is 8.28. The Morgan fingerprint density at radius 1 is 1.05 bits per heavy atom. The SMILES string of the molecule is CCC(O)(c1ccccc1C)C(CN(C)C)CC1(OC(CC(=O)O)(CC(=O)O)C(=O)O)OCCc2c1sc1ccccc21. The number of carboxylic acid groups (broad SMARTS) is 3. The van der Waals surface area contributed by atoms with Gasteiger partial charge in [0.05, 0.1) is 29.9 Å². The molecule has 0 radical (unpaired) electrons. The summed E-state index contributed by atoms with van der Waals surface area (Å²) in [6, 6.07) is 15.1. The highest BCUT2D eigenvalue weighted by Gasteiger charge is 2.56. The molecule has 1 aromatic heterocycles. The number of ether oxygens (including phenoxy) is 2. The van der Waals surface area contributed by atoms with Crippen LogP contribution in [0.3, 0.4) is 0 Å². The van der Waals surface area contributed by atoms with Crippen molar-refractivity contribution in [2.45, 2.75) is 62.9 Å². The van der Waals surface area contributed by atoms with E-state index >= 15 is 0 Å². The zero-order chi connectivity index (χ0) is 31.6. The van der Waals surface area contributed by atoms with E-state index in [4.69, 9.17) is 9.47 Å². The average molecular weight is 614 g/mol. The van der Waals surface area contributed by atoms with Crippen molar-refractivity contribution < 1.29 is 44.3 Å². The van der Waals surface area contributed by atoms with Crippen molar-refractivity contribution in [3.05, 3.63) is 70.1 Å². The summed E-state index contributed by atoms with van der Waals surface area (Å²) in [5, 5.41) is 43.3. The number of aliphatic carboxylic acids is 3. The first-order valence-corrected chi connectivity index (χ1v) is 15.0. The Hall–Kier alpha value is -3.35. The molecule has 0 saturated heterocycles. The number of nitrogens with zero attached hydrogens (tertiary/aromatic N) is 1. The molecule has 10 nitrogen and oxygen atoms in total. The molecule has 4 rings (SSSR count). The summed E-state index contributed by atoms with van der Waals surface area (Å²) in [6.07, 6.45) is -1.48. The van der Waals surface area contributed by atoms with Gasteiger partial charge >= 0.3 is 17.9 Å². The molecule has 0 saturated carbocycles. The highest BCUT2D eigenvalue weighted by atomic mass is 32.1. The third kappa shape index (κ3) is 6.46. The van der Waals surface area contributed by atoms with Crippen LogP contribution in [-0.2, 0) is 41.7 Å². The van der Waals surface area contributed by atoms with Crippen LogP contribution < -0.4 is 0 Å². The van der Waals surface area contributed by atoms with Crippen LogP contribution in [0.15, 0.2) is 48.5 Å². The van der Waals surface area contributed by atoms with Crippen molar-refractivity contribution in [2.24, 2.45) is 5.92 Å². The first-order chi connectivity index (χ1) is 20.3. The summed E-state index contributed by atoms with van der Waals surface area (Å²) in [5.74, 6) is -7.26.